The Balaban J connectivity index is 2.04. The number of rotatable bonds is 2. The Kier molecular flexibility index (Phi) is 3.96. The molecule has 0 bridgehead atoms. The molecule has 2 fully saturated rings. The lowest BCUT2D eigenvalue weighted by atomic mass is 9.91. The van der Waals surface area contributed by atoms with Crippen molar-refractivity contribution in [2.24, 2.45) is 17.6 Å². The molecule has 3 atom stereocenters. The van der Waals surface area contributed by atoms with Gasteiger partial charge in [0.05, 0.1) is 17.4 Å². The molecule has 0 aromatic rings. The van der Waals surface area contributed by atoms with E-state index >= 15 is 0 Å². The predicted octanol–water partition coefficient (Wildman–Crippen LogP) is 0.00690. The summed E-state index contributed by atoms with van der Waals surface area (Å²) in [6, 6.07) is 0.0876. The van der Waals surface area contributed by atoms with E-state index in [1.54, 1.807) is 0 Å². The van der Waals surface area contributed by atoms with Gasteiger partial charge >= 0.3 is 0 Å². The first kappa shape index (κ1) is 13.8. The fraction of sp³-hybridized carbons (Fsp3) is 0.917. The predicted molar refractivity (Wildman–Crippen MR) is 69.7 cm³/mol. The van der Waals surface area contributed by atoms with Gasteiger partial charge in [0, 0.05) is 19.1 Å². The van der Waals surface area contributed by atoms with Gasteiger partial charge < -0.3 is 10.6 Å². The molecule has 2 heterocycles. The summed E-state index contributed by atoms with van der Waals surface area (Å²) in [5, 5.41) is 0. The SMILES string of the molecule is CC1CCN(C(=O)C2CCS(=O)(=O)C2)C(CN)C1. The molecule has 3 unspecified atom stereocenters. The number of likely N-dealkylation sites (tertiary alicyclic amines) is 1. The minimum atomic E-state index is -2.99. The van der Waals surface area contributed by atoms with Crippen LogP contribution in [0.15, 0.2) is 0 Å². The van der Waals surface area contributed by atoms with Gasteiger partial charge in [-0.05, 0) is 25.2 Å². The van der Waals surface area contributed by atoms with Crippen LogP contribution in [0.1, 0.15) is 26.2 Å². The van der Waals surface area contributed by atoms with Gasteiger partial charge in [-0.3, -0.25) is 4.79 Å². The van der Waals surface area contributed by atoms with Gasteiger partial charge in [-0.1, -0.05) is 6.92 Å². The van der Waals surface area contributed by atoms with Crippen LogP contribution in [0.5, 0.6) is 0 Å². The Bertz CT molecular complexity index is 421. The fourth-order valence-electron chi connectivity index (χ4n) is 2.99. The lowest BCUT2D eigenvalue weighted by Gasteiger charge is -2.39. The second-order valence-electron chi connectivity index (χ2n) is 5.65. The molecule has 1 amide bonds. The number of piperidine rings is 1. The molecule has 6 heteroatoms. The summed E-state index contributed by atoms with van der Waals surface area (Å²) >= 11 is 0. The fourth-order valence-corrected chi connectivity index (χ4v) is 4.72. The molecule has 2 saturated heterocycles. The van der Waals surface area contributed by atoms with Crippen molar-refractivity contribution in [1.82, 2.24) is 4.90 Å². The van der Waals surface area contributed by atoms with E-state index in [0.717, 1.165) is 19.4 Å². The maximum absolute atomic E-state index is 12.4. The zero-order valence-electron chi connectivity index (χ0n) is 10.8. The molecular weight excluding hydrogens is 252 g/mol. The maximum atomic E-state index is 12.4. The monoisotopic (exact) mass is 274 g/mol. The number of amides is 1. The maximum Gasteiger partial charge on any atom is 0.227 e. The minimum absolute atomic E-state index is 0.00146. The van der Waals surface area contributed by atoms with Crippen LogP contribution >= 0.6 is 0 Å². The van der Waals surface area contributed by atoms with Gasteiger partial charge in [0.1, 0.15) is 0 Å². The van der Waals surface area contributed by atoms with E-state index in [9.17, 15) is 13.2 Å². The van der Waals surface area contributed by atoms with Crippen molar-refractivity contribution >= 4 is 15.7 Å². The van der Waals surface area contributed by atoms with Gasteiger partial charge in [0.15, 0.2) is 9.84 Å². The number of nitrogens with two attached hydrogens (primary N) is 1. The van der Waals surface area contributed by atoms with E-state index in [4.69, 9.17) is 5.73 Å². The van der Waals surface area contributed by atoms with Gasteiger partial charge in [-0.2, -0.15) is 0 Å². The largest absolute Gasteiger partial charge is 0.338 e. The Morgan fingerprint density at radius 2 is 2.11 bits per heavy atom. The van der Waals surface area contributed by atoms with E-state index in [1.165, 1.54) is 0 Å². The van der Waals surface area contributed by atoms with Crippen LogP contribution in [0.25, 0.3) is 0 Å². The van der Waals surface area contributed by atoms with Crippen molar-refractivity contribution in [3.05, 3.63) is 0 Å². The summed E-state index contributed by atoms with van der Waals surface area (Å²) in [7, 11) is -2.99. The molecular formula is C12H22N2O3S. The standard InChI is InChI=1S/C12H22N2O3S/c1-9-2-4-14(11(6-9)7-13)12(15)10-3-5-18(16,17)8-10/h9-11H,2-8,13H2,1H3. The molecule has 0 aromatic carbocycles. The molecule has 2 aliphatic heterocycles. The lowest BCUT2D eigenvalue weighted by Crippen LogP contribution is -2.51. The number of nitrogens with zero attached hydrogens (tertiary/aromatic N) is 1. The molecule has 2 aliphatic rings. The third-order valence-corrected chi connectivity index (χ3v) is 5.88. The molecule has 2 N–H and O–H groups in total. The molecule has 0 spiro atoms. The van der Waals surface area contributed by atoms with Crippen LogP contribution in [0.4, 0.5) is 0 Å². The topological polar surface area (TPSA) is 80.5 Å². The van der Waals surface area contributed by atoms with Crippen LogP contribution in [-0.4, -0.2) is 49.9 Å². The lowest BCUT2D eigenvalue weighted by molar-refractivity contribution is -0.138. The van der Waals surface area contributed by atoms with Gasteiger partial charge in [-0.15, -0.1) is 0 Å². The Labute approximate surface area is 109 Å². The second kappa shape index (κ2) is 5.17. The van der Waals surface area contributed by atoms with Crippen molar-refractivity contribution in [2.45, 2.75) is 32.2 Å². The highest BCUT2D eigenvalue weighted by molar-refractivity contribution is 7.91. The number of hydrogen-bond donors (Lipinski definition) is 1. The molecule has 0 radical (unpaired) electrons. The summed E-state index contributed by atoms with van der Waals surface area (Å²) in [6.07, 6.45) is 2.40. The highest BCUT2D eigenvalue weighted by Gasteiger charge is 2.38. The van der Waals surface area contributed by atoms with Crippen molar-refractivity contribution < 1.29 is 13.2 Å². The molecule has 104 valence electrons. The zero-order chi connectivity index (χ0) is 13.3. The van der Waals surface area contributed by atoms with Crippen molar-refractivity contribution in [1.29, 1.82) is 0 Å². The van der Waals surface area contributed by atoms with Crippen molar-refractivity contribution in [3.63, 3.8) is 0 Å². The summed E-state index contributed by atoms with van der Waals surface area (Å²) in [4.78, 5) is 14.2. The summed E-state index contributed by atoms with van der Waals surface area (Å²) in [5.74, 6) is 0.432. The smallest absolute Gasteiger partial charge is 0.227 e. The molecule has 0 saturated carbocycles. The normalized spacial score (nSPS) is 35.7. The first-order chi connectivity index (χ1) is 8.43. The Morgan fingerprint density at radius 1 is 1.39 bits per heavy atom. The van der Waals surface area contributed by atoms with Gasteiger partial charge in [0.25, 0.3) is 0 Å². The highest BCUT2D eigenvalue weighted by atomic mass is 32.2. The van der Waals surface area contributed by atoms with E-state index in [2.05, 4.69) is 6.92 Å². The minimum Gasteiger partial charge on any atom is -0.338 e. The van der Waals surface area contributed by atoms with Gasteiger partial charge in [-0.25, -0.2) is 8.42 Å². The van der Waals surface area contributed by atoms with Crippen LogP contribution in [0.3, 0.4) is 0 Å². The second-order valence-corrected chi connectivity index (χ2v) is 7.88. The number of carbonyl (C=O) groups is 1. The summed E-state index contributed by atoms with van der Waals surface area (Å²) in [6.45, 7) is 3.36. The number of hydrogen-bond acceptors (Lipinski definition) is 4. The van der Waals surface area contributed by atoms with E-state index < -0.39 is 9.84 Å². The van der Waals surface area contributed by atoms with E-state index in [-0.39, 0.29) is 29.4 Å². The quantitative estimate of drug-likeness (QED) is 0.769. The third kappa shape index (κ3) is 2.85. The summed E-state index contributed by atoms with van der Waals surface area (Å²) < 4.78 is 22.9. The van der Waals surface area contributed by atoms with E-state index in [1.807, 2.05) is 4.90 Å². The average Bonchev–Trinajstić information content (AvgIpc) is 2.68. The van der Waals surface area contributed by atoms with Crippen molar-refractivity contribution in [2.75, 3.05) is 24.6 Å². The molecule has 0 aromatic heterocycles. The number of sulfone groups is 1. The van der Waals surface area contributed by atoms with Crippen molar-refractivity contribution in [3.8, 4) is 0 Å². The summed E-state index contributed by atoms with van der Waals surface area (Å²) in [5.41, 5.74) is 5.73. The van der Waals surface area contributed by atoms with Crippen LogP contribution in [-0.2, 0) is 14.6 Å². The molecule has 5 nitrogen and oxygen atoms in total. The molecule has 0 aliphatic carbocycles. The molecule has 2 rings (SSSR count). The third-order valence-electron chi connectivity index (χ3n) is 4.11. The number of carbonyl (C=O) groups excluding carboxylic acids is 1. The first-order valence-electron chi connectivity index (χ1n) is 6.64. The highest BCUT2D eigenvalue weighted by Crippen LogP contribution is 2.27. The Morgan fingerprint density at radius 3 is 2.67 bits per heavy atom. The van der Waals surface area contributed by atoms with Crippen LogP contribution in [0, 0.1) is 11.8 Å². The Hall–Kier alpha value is -0.620. The van der Waals surface area contributed by atoms with Crippen LogP contribution < -0.4 is 5.73 Å². The average molecular weight is 274 g/mol. The van der Waals surface area contributed by atoms with E-state index in [0.29, 0.717) is 18.9 Å². The van der Waals surface area contributed by atoms with Gasteiger partial charge in [0.2, 0.25) is 5.91 Å². The first-order valence-corrected chi connectivity index (χ1v) is 8.46. The molecule has 18 heavy (non-hydrogen) atoms. The zero-order valence-corrected chi connectivity index (χ0v) is 11.7. The van der Waals surface area contributed by atoms with Crippen LogP contribution in [0.2, 0.25) is 0 Å².